The molecule has 0 spiro atoms. The number of aromatic nitrogens is 1. The van der Waals surface area contributed by atoms with Crippen molar-refractivity contribution in [2.24, 2.45) is 0 Å². The first-order chi connectivity index (χ1) is 15.4. The van der Waals surface area contributed by atoms with Gasteiger partial charge in [-0.1, -0.05) is 54.1 Å². The second-order valence-electron chi connectivity index (χ2n) is 8.31. The summed E-state index contributed by atoms with van der Waals surface area (Å²) < 4.78 is 40.9. The van der Waals surface area contributed by atoms with Gasteiger partial charge in [-0.15, -0.1) is 0 Å². The maximum Gasteiger partial charge on any atom is 0.416 e. The summed E-state index contributed by atoms with van der Waals surface area (Å²) in [5.74, 6) is 0.284. The van der Waals surface area contributed by atoms with Gasteiger partial charge in [-0.3, -0.25) is 0 Å². The Morgan fingerprint density at radius 1 is 0.969 bits per heavy atom. The molecule has 6 heteroatoms. The molecular weight excluding hydrogens is 433 g/mol. The van der Waals surface area contributed by atoms with Crippen molar-refractivity contribution in [3.63, 3.8) is 0 Å². The number of hydrogen-bond acceptors (Lipinski definition) is 1. The SMILES string of the molecule is FC(F)(F)c1ccc(Cn2cc(C3CCNC3c3cccc(Cl)c3)c3ccccc32)cc1. The Kier molecular flexibility index (Phi) is 5.48. The lowest BCUT2D eigenvalue weighted by Gasteiger charge is -2.20. The summed E-state index contributed by atoms with van der Waals surface area (Å²) in [6, 6.07) is 21.8. The van der Waals surface area contributed by atoms with E-state index in [9.17, 15) is 13.2 Å². The Morgan fingerprint density at radius 2 is 1.75 bits per heavy atom. The summed E-state index contributed by atoms with van der Waals surface area (Å²) >= 11 is 6.24. The van der Waals surface area contributed by atoms with Crippen molar-refractivity contribution in [1.29, 1.82) is 0 Å². The van der Waals surface area contributed by atoms with Crippen LogP contribution in [0.3, 0.4) is 0 Å². The fourth-order valence-electron chi connectivity index (χ4n) is 4.79. The zero-order valence-electron chi connectivity index (χ0n) is 17.2. The molecule has 2 unspecified atom stereocenters. The van der Waals surface area contributed by atoms with Gasteiger partial charge >= 0.3 is 6.18 Å². The quantitative estimate of drug-likeness (QED) is 0.345. The molecule has 0 saturated carbocycles. The fourth-order valence-corrected chi connectivity index (χ4v) is 4.98. The van der Waals surface area contributed by atoms with Gasteiger partial charge in [0, 0.05) is 40.6 Å². The Labute approximate surface area is 189 Å². The second-order valence-corrected chi connectivity index (χ2v) is 8.74. The highest BCUT2D eigenvalue weighted by molar-refractivity contribution is 6.30. The van der Waals surface area contributed by atoms with Crippen LogP contribution in [-0.2, 0) is 12.7 Å². The third-order valence-corrected chi connectivity index (χ3v) is 6.52. The molecule has 1 fully saturated rings. The average Bonchev–Trinajstić information content (AvgIpc) is 3.39. The van der Waals surface area contributed by atoms with E-state index in [1.807, 2.05) is 30.3 Å². The van der Waals surface area contributed by atoms with Crippen LogP contribution in [0, 0.1) is 0 Å². The topological polar surface area (TPSA) is 17.0 Å². The zero-order chi connectivity index (χ0) is 22.3. The summed E-state index contributed by atoms with van der Waals surface area (Å²) in [4.78, 5) is 0. The largest absolute Gasteiger partial charge is 0.416 e. The monoisotopic (exact) mass is 454 g/mol. The molecule has 2 heterocycles. The van der Waals surface area contributed by atoms with E-state index in [0.29, 0.717) is 6.54 Å². The predicted molar refractivity (Wildman–Crippen MR) is 122 cm³/mol. The van der Waals surface area contributed by atoms with Gasteiger partial charge in [-0.05, 0) is 60.0 Å². The molecule has 1 N–H and O–H groups in total. The van der Waals surface area contributed by atoms with Crippen LogP contribution < -0.4 is 5.32 Å². The highest BCUT2D eigenvalue weighted by Crippen LogP contribution is 2.42. The number of hydrogen-bond donors (Lipinski definition) is 1. The summed E-state index contributed by atoms with van der Waals surface area (Å²) in [5, 5.41) is 5.52. The molecule has 0 amide bonds. The maximum atomic E-state index is 12.9. The minimum absolute atomic E-state index is 0.166. The molecule has 1 aromatic heterocycles. The van der Waals surface area contributed by atoms with Crippen LogP contribution in [0.2, 0.25) is 5.02 Å². The van der Waals surface area contributed by atoms with E-state index in [-0.39, 0.29) is 12.0 Å². The number of alkyl halides is 3. The van der Waals surface area contributed by atoms with Crippen molar-refractivity contribution in [1.82, 2.24) is 9.88 Å². The van der Waals surface area contributed by atoms with Gasteiger partial charge in [0.2, 0.25) is 0 Å². The van der Waals surface area contributed by atoms with Crippen LogP contribution in [0.5, 0.6) is 0 Å². The third kappa shape index (κ3) is 4.03. The van der Waals surface area contributed by atoms with Gasteiger partial charge < -0.3 is 9.88 Å². The van der Waals surface area contributed by atoms with Crippen molar-refractivity contribution >= 4 is 22.5 Å². The van der Waals surface area contributed by atoms with E-state index >= 15 is 0 Å². The predicted octanol–water partition coefficient (Wildman–Crippen LogP) is 7.18. The molecule has 1 saturated heterocycles. The number of para-hydroxylation sites is 1. The minimum atomic E-state index is -4.32. The van der Waals surface area contributed by atoms with Crippen LogP contribution in [0.1, 0.15) is 40.6 Å². The van der Waals surface area contributed by atoms with Gasteiger partial charge in [-0.25, -0.2) is 0 Å². The summed E-state index contributed by atoms with van der Waals surface area (Å²) in [7, 11) is 0. The molecule has 0 bridgehead atoms. The minimum Gasteiger partial charge on any atom is -0.343 e. The first-order valence-corrected chi connectivity index (χ1v) is 11.0. The Bertz CT molecular complexity index is 1240. The molecule has 32 heavy (non-hydrogen) atoms. The van der Waals surface area contributed by atoms with Gasteiger partial charge in [0.1, 0.15) is 0 Å². The lowest BCUT2D eigenvalue weighted by Crippen LogP contribution is -2.16. The van der Waals surface area contributed by atoms with Gasteiger partial charge in [-0.2, -0.15) is 13.2 Å². The van der Waals surface area contributed by atoms with Gasteiger partial charge in [0.05, 0.1) is 5.56 Å². The van der Waals surface area contributed by atoms with Crippen LogP contribution in [0.4, 0.5) is 13.2 Å². The van der Waals surface area contributed by atoms with Crippen molar-refractivity contribution < 1.29 is 13.2 Å². The molecule has 1 aliphatic heterocycles. The molecule has 1 aliphatic rings. The summed E-state index contributed by atoms with van der Waals surface area (Å²) in [5.41, 5.74) is 3.71. The number of halogens is 4. The number of fused-ring (bicyclic) bond motifs is 1. The maximum absolute atomic E-state index is 12.9. The average molecular weight is 455 g/mol. The molecule has 0 aliphatic carbocycles. The fraction of sp³-hybridized carbons (Fsp3) is 0.231. The van der Waals surface area contributed by atoms with E-state index < -0.39 is 11.7 Å². The summed E-state index contributed by atoms with van der Waals surface area (Å²) in [6.07, 6.45) is -1.15. The molecule has 0 radical (unpaired) electrons. The first kappa shape index (κ1) is 21.1. The van der Waals surface area contributed by atoms with Crippen molar-refractivity contribution in [3.8, 4) is 0 Å². The Balaban J connectivity index is 1.50. The lowest BCUT2D eigenvalue weighted by molar-refractivity contribution is -0.137. The lowest BCUT2D eigenvalue weighted by atomic mass is 9.88. The van der Waals surface area contributed by atoms with Crippen LogP contribution in [0.25, 0.3) is 10.9 Å². The molecule has 4 aromatic rings. The standard InChI is InChI=1S/C26H22ClF3N2/c27-20-5-3-4-18(14-20)25-22(12-13-31-25)23-16-32(24-7-2-1-6-21(23)24)15-17-8-10-19(11-9-17)26(28,29)30/h1-11,14,16,22,25,31H,12-13,15H2. The van der Waals surface area contributed by atoms with E-state index in [4.69, 9.17) is 11.6 Å². The van der Waals surface area contributed by atoms with E-state index in [1.165, 1.54) is 16.5 Å². The second kappa shape index (κ2) is 8.30. The van der Waals surface area contributed by atoms with E-state index in [1.54, 1.807) is 12.1 Å². The van der Waals surface area contributed by atoms with Crippen molar-refractivity contribution in [2.75, 3.05) is 6.54 Å². The van der Waals surface area contributed by atoms with E-state index in [2.05, 4.69) is 34.3 Å². The number of nitrogens with one attached hydrogen (secondary N) is 1. The van der Waals surface area contributed by atoms with Crippen LogP contribution in [0.15, 0.2) is 79.0 Å². The van der Waals surface area contributed by atoms with Gasteiger partial charge in [0.25, 0.3) is 0 Å². The number of rotatable bonds is 4. The Morgan fingerprint density at radius 3 is 2.50 bits per heavy atom. The Hall–Kier alpha value is -2.76. The first-order valence-electron chi connectivity index (χ1n) is 10.6. The van der Waals surface area contributed by atoms with Crippen molar-refractivity contribution in [3.05, 3.63) is 106 Å². The molecule has 2 nitrogen and oxygen atoms in total. The third-order valence-electron chi connectivity index (χ3n) is 6.28. The number of benzene rings is 3. The normalized spacial score (nSPS) is 19.0. The molecule has 164 valence electrons. The molecule has 3 aromatic carbocycles. The van der Waals surface area contributed by atoms with Gasteiger partial charge in [0.15, 0.2) is 0 Å². The number of nitrogens with zero attached hydrogens (tertiary/aromatic N) is 1. The highest BCUT2D eigenvalue weighted by Gasteiger charge is 2.32. The highest BCUT2D eigenvalue weighted by atomic mass is 35.5. The summed E-state index contributed by atoms with van der Waals surface area (Å²) in [6.45, 7) is 1.43. The van der Waals surface area contributed by atoms with Crippen LogP contribution >= 0.6 is 11.6 Å². The molecule has 5 rings (SSSR count). The zero-order valence-corrected chi connectivity index (χ0v) is 18.0. The van der Waals surface area contributed by atoms with E-state index in [0.717, 1.165) is 41.2 Å². The molecule has 2 atom stereocenters. The molecular formula is C26H22ClF3N2. The van der Waals surface area contributed by atoms with Crippen molar-refractivity contribution in [2.45, 2.75) is 31.1 Å². The van der Waals surface area contributed by atoms with Crippen LogP contribution in [-0.4, -0.2) is 11.1 Å². The smallest absolute Gasteiger partial charge is 0.343 e.